The first-order valence-electron chi connectivity index (χ1n) is 7.71. The number of anilines is 2. The van der Waals surface area contributed by atoms with Gasteiger partial charge in [-0.25, -0.2) is 9.97 Å². The minimum atomic E-state index is 0.545. The first-order valence-corrected chi connectivity index (χ1v) is 7.71. The molecule has 0 saturated carbocycles. The van der Waals surface area contributed by atoms with Gasteiger partial charge in [0.1, 0.15) is 5.82 Å². The molecular weight excluding hydrogens is 272 g/mol. The monoisotopic (exact) mass is 294 g/mol. The zero-order valence-electron chi connectivity index (χ0n) is 13.6. The third kappa shape index (κ3) is 2.69. The largest absolute Gasteiger partial charge is 0.339 e. The highest BCUT2D eigenvalue weighted by atomic mass is 15.2. The normalized spacial score (nSPS) is 11.3. The lowest BCUT2D eigenvalue weighted by atomic mass is 10.1. The van der Waals surface area contributed by atoms with E-state index >= 15 is 0 Å². The number of nitrogens with one attached hydrogen (secondary N) is 1. The second-order valence-corrected chi connectivity index (χ2v) is 6.19. The van der Waals surface area contributed by atoms with E-state index in [1.165, 1.54) is 11.1 Å². The van der Waals surface area contributed by atoms with Gasteiger partial charge in [0.2, 0.25) is 5.78 Å². The zero-order valence-corrected chi connectivity index (χ0v) is 13.6. The highest BCUT2D eigenvalue weighted by Gasteiger charge is 2.15. The Morgan fingerprint density at radius 1 is 1.14 bits per heavy atom. The molecule has 4 heteroatoms. The molecule has 0 aliphatic carbocycles. The average Bonchev–Trinajstić information content (AvgIpc) is 2.80. The van der Waals surface area contributed by atoms with Gasteiger partial charge in [0.15, 0.2) is 0 Å². The number of hydrogen-bond acceptors (Lipinski definition) is 3. The standard InChI is InChI=1S/C18H22N4/c1-12(2)11-15-17(22-10-6-9-19-18(22)20-15)21-16-13(3)7-5-8-14(16)4/h5-10,12,21H,11H2,1-4H3. The Bertz CT molecular complexity index is 782. The summed E-state index contributed by atoms with van der Waals surface area (Å²) in [6.07, 6.45) is 4.72. The first kappa shape index (κ1) is 14.6. The quantitative estimate of drug-likeness (QED) is 0.780. The van der Waals surface area contributed by atoms with Crippen LogP contribution in [0.5, 0.6) is 0 Å². The maximum Gasteiger partial charge on any atom is 0.235 e. The second kappa shape index (κ2) is 5.79. The van der Waals surface area contributed by atoms with Gasteiger partial charge in [-0.05, 0) is 43.4 Å². The van der Waals surface area contributed by atoms with Gasteiger partial charge in [-0.2, -0.15) is 0 Å². The van der Waals surface area contributed by atoms with Crippen LogP contribution in [0.25, 0.3) is 5.78 Å². The molecule has 22 heavy (non-hydrogen) atoms. The average molecular weight is 294 g/mol. The molecule has 0 aliphatic heterocycles. The Hall–Kier alpha value is -2.36. The van der Waals surface area contributed by atoms with Crippen molar-refractivity contribution in [2.24, 2.45) is 5.92 Å². The number of rotatable bonds is 4. The maximum absolute atomic E-state index is 4.70. The summed E-state index contributed by atoms with van der Waals surface area (Å²) in [5.74, 6) is 2.31. The number of aromatic nitrogens is 3. The van der Waals surface area contributed by atoms with Crippen LogP contribution >= 0.6 is 0 Å². The Morgan fingerprint density at radius 3 is 2.55 bits per heavy atom. The van der Waals surface area contributed by atoms with Gasteiger partial charge in [-0.1, -0.05) is 32.0 Å². The van der Waals surface area contributed by atoms with Crippen LogP contribution in [0, 0.1) is 19.8 Å². The maximum atomic E-state index is 4.70. The van der Waals surface area contributed by atoms with Crippen molar-refractivity contribution < 1.29 is 0 Å². The van der Waals surface area contributed by atoms with Gasteiger partial charge in [-0.15, -0.1) is 0 Å². The van der Waals surface area contributed by atoms with Gasteiger partial charge >= 0.3 is 0 Å². The fraction of sp³-hybridized carbons (Fsp3) is 0.333. The Balaban J connectivity index is 2.12. The van der Waals surface area contributed by atoms with Gasteiger partial charge < -0.3 is 5.32 Å². The van der Waals surface area contributed by atoms with Crippen LogP contribution in [0.3, 0.4) is 0 Å². The summed E-state index contributed by atoms with van der Waals surface area (Å²) in [5.41, 5.74) is 4.68. The zero-order chi connectivity index (χ0) is 15.7. The predicted molar refractivity (Wildman–Crippen MR) is 90.7 cm³/mol. The molecule has 3 rings (SSSR count). The number of fused-ring (bicyclic) bond motifs is 1. The number of aryl methyl sites for hydroxylation is 2. The lowest BCUT2D eigenvalue weighted by molar-refractivity contribution is 0.639. The minimum Gasteiger partial charge on any atom is -0.339 e. The summed E-state index contributed by atoms with van der Waals surface area (Å²) in [6, 6.07) is 8.27. The van der Waals surface area contributed by atoms with Crippen LogP contribution < -0.4 is 5.32 Å². The summed E-state index contributed by atoms with van der Waals surface area (Å²) in [5, 5.41) is 3.60. The summed E-state index contributed by atoms with van der Waals surface area (Å²) in [6.45, 7) is 8.67. The van der Waals surface area contributed by atoms with Crippen LogP contribution in [-0.4, -0.2) is 14.4 Å². The van der Waals surface area contributed by atoms with Gasteiger partial charge in [0.05, 0.1) is 5.69 Å². The minimum absolute atomic E-state index is 0.545. The summed E-state index contributed by atoms with van der Waals surface area (Å²) >= 11 is 0. The van der Waals surface area contributed by atoms with Crippen LogP contribution in [0.1, 0.15) is 30.7 Å². The Morgan fingerprint density at radius 2 is 1.86 bits per heavy atom. The smallest absolute Gasteiger partial charge is 0.235 e. The van der Waals surface area contributed by atoms with Gasteiger partial charge in [-0.3, -0.25) is 4.40 Å². The van der Waals surface area contributed by atoms with E-state index in [9.17, 15) is 0 Å². The Labute approximate surface area is 131 Å². The van der Waals surface area contributed by atoms with Crippen molar-refractivity contribution in [2.45, 2.75) is 34.1 Å². The molecule has 0 amide bonds. The topological polar surface area (TPSA) is 42.2 Å². The molecule has 0 unspecified atom stereocenters. The Kier molecular flexibility index (Phi) is 3.84. The number of imidazole rings is 1. The molecule has 1 aromatic carbocycles. The van der Waals surface area contributed by atoms with Crippen molar-refractivity contribution in [3.05, 3.63) is 53.5 Å². The SMILES string of the molecule is Cc1cccc(C)c1Nc1c(CC(C)C)nc2ncccn12. The van der Waals surface area contributed by atoms with E-state index in [0.29, 0.717) is 5.92 Å². The summed E-state index contributed by atoms with van der Waals surface area (Å²) in [7, 11) is 0. The molecule has 1 N–H and O–H groups in total. The third-order valence-corrected chi connectivity index (χ3v) is 3.80. The van der Waals surface area contributed by atoms with Crippen LogP contribution in [0.2, 0.25) is 0 Å². The van der Waals surface area contributed by atoms with E-state index < -0.39 is 0 Å². The molecule has 0 aliphatic rings. The fourth-order valence-electron chi connectivity index (χ4n) is 2.72. The van der Waals surface area contributed by atoms with E-state index in [4.69, 9.17) is 4.98 Å². The van der Waals surface area contributed by atoms with Gasteiger partial charge in [0.25, 0.3) is 0 Å². The molecule has 0 atom stereocenters. The molecular formula is C18H22N4. The molecule has 0 spiro atoms. The van der Waals surface area contributed by atoms with Crippen molar-refractivity contribution in [3.8, 4) is 0 Å². The lowest BCUT2D eigenvalue weighted by Crippen LogP contribution is -2.03. The van der Waals surface area contributed by atoms with E-state index in [1.807, 2.05) is 16.7 Å². The molecule has 114 valence electrons. The van der Waals surface area contributed by atoms with Crippen LogP contribution in [0.15, 0.2) is 36.7 Å². The van der Waals surface area contributed by atoms with Gasteiger partial charge in [0, 0.05) is 18.1 Å². The van der Waals surface area contributed by atoms with E-state index in [2.05, 4.69) is 56.2 Å². The summed E-state index contributed by atoms with van der Waals surface area (Å²) in [4.78, 5) is 9.07. The van der Waals surface area contributed by atoms with Crippen molar-refractivity contribution in [1.29, 1.82) is 0 Å². The summed E-state index contributed by atoms with van der Waals surface area (Å²) < 4.78 is 2.03. The number of benzene rings is 1. The molecule has 0 bridgehead atoms. The molecule has 0 fully saturated rings. The number of nitrogens with zero attached hydrogens (tertiary/aromatic N) is 3. The van der Waals surface area contributed by atoms with E-state index in [0.717, 1.165) is 29.4 Å². The molecule has 0 radical (unpaired) electrons. The van der Waals surface area contributed by atoms with Crippen molar-refractivity contribution in [3.63, 3.8) is 0 Å². The molecule has 3 aromatic rings. The van der Waals surface area contributed by atoms with Crippen LogP contribution in [0.4, 0.5) is 11.5 Å². The molecule has 2 heterocycles. The number of hydrogen-bond donors (Lipinski definition) is 1. The lowest BCUT2D eigenvalue weighted by Gasteiger charge is -2.14. The highest BCUT2D eigenvalue weighted by Crippen LogP contribution is 2.28. The predicted octanol–water partition coefficient (Wildman–Crippen LogP) is 4.29. The fourth-order valence-corrected chi connectivity index (χ4v) is 2.72. The molecule has 2 aromatic heterocycles. The second-order valence-electron chi connectivity index (χ2n) is 6.19. The van der Waals surface area contributed by atoms with E-state index in [-0.39, 0.29) is 0 Å². The highest BCUT2D eigenvalue weighted by molar-refractivity contribution is 5.68. The van der Waals surface area contributed by atoms with Crippen molar-refractivity contribution >= 4 is 17.3 Å². The molecule has 0 saturated heterocycles. The molecule has 4 nitrogen and oxygen atoms in total. The first-order chi connectivity index (χ1) is 10.6. The van der Waals surface area contributed by atoms with E-state index in [1.54, 1.807) is 6.20 Å². The number of para-hydroxylation sites is 1. The van der Waals surface area contributed by atoms with Crippen molar-refractivity contribution in [2.75, 3.05) is 5.32 Å². The van der Waals surface area contributed by atoms with Crippen molar-refractivity contribution in [1.82, 2.24) is 14.4 Å². The van der Waals surface area contributed by atoms with Crippen LogP contribution in [-0.2, 0) is 6.42 Å². The third-order valence-electron chi connectivity index (χ3n) is 3.80.